The summed E-state index contributed by atoms with van der Waals surface area (Å²) in [4.78, 5) is 48.8. The molecular formula is C33H38FN5O8. The highest BCUT2D eigenvalue weighted by atomic mass is 19.1. The zero-order chi connectivity index (χ0) is 33.8. The van der Waals surface area contributed by atoms with Crippen LogP contribution in [-0.2, 0) is 18.9 Å². The fourth-order valence-electron chi connectivity index (χ4n) is 5.79. The van der Waals surface area contributed by atoms with Crippen LogP contribution in [0.1, 0.15) is 47.1 Å². The van der Waals surface area contributed by atoms with Gasteiger partial charge < -0.3 is 23.7 Å². The van der Waals surface area contributed by atoms with Crippen LogP contribution in [0.15, 0.2) is 24.5 Å². The molecular weight excluding hydrogens is 613 g/mol. The van der Waals surface area contributed by atoms with Crippen LogP contribution in [-0.4, -0.2) is 71.9 Å². The summed E-state index contributed by atoms with van der Waals surface area (Å²) in [6.45, 7) is 13.6. The number of hydrogen-bond acceptors (Lipinski definition) is 10. The lowest BCUT2D eigenvalue weighted by Gasteiger charge is -2.32. The van der Waals surface area contributed by atoms with Crippen molar-refractivity contribution in [1.29, 1.82) is 0 Å². The third-order valence-corrected chi connectivity index (χ3v) is 7.93. The second-order valence-electron chi connectivity index (χ2n) is 13.8. The number of aromatic nitrogens is 2. The number of hydrogen-bond donors (Lipinski definition) is 2. The van der Waals surface area contributed by atoms with Gasteiger partial charge in [-0.05, 0) is 71.5 Å². The fraction of sp³-hybridized carbons (Fsp3) is 0.485. The smallest absolute Gasteiger partial charge is 0.415 e. The van der Waals surface area contributed by atoms with Gasteiger partial charge in [0, 0.05) is 40.7 Å². The number of ether oxygens (including phenoxy) is 5. The highest BCUT2D eigenvalue weighted by Gasteiger charge is 2.57. The van der Waals surface area contributed by atoms with E-state index in [9.17, 15) is 14.4 Å². The van der Waals surface area contributed by atoms with E-state index in [1.54, 1.807) is 60.6 Å². The number of fused-ring (bicyclic) bond motifs is 3. The number of pyridine rings is 2. The third-order valence-electron chi connectivity index (χ3n) is 7.93. The van der Waals surface area contributed by atoms with Crippen LogP contribution in [0.25, 0.3) is 21.9 Å². The van der Waals surface area contributed by atoms with Gasteiger partial charge in [-0.1, -0.05) is 0 Å². The molecule has 250 valence electrons. The van der Waals surface area contributed by atoms with Crippen molar-refractivity contribution < 1.29 is 42.5 Å². The van der Waals surface area contributed by atoms with Crippen LogP contribution < -0.4 is 20.3 Å². The van der Waals surface area contributed by atoms with Crippen molar-refractivity contribution in [3.63, 3.8) is 0 Å². The highest BCUT2D eigenvalue weighted by Crippen LogP contribution is 2.47. The first-order valence-electron chi connectivity index (χ1n) is 15.4. The monoisotopic (exact) mass is 651 g/mol. The van der Waals surface area contributed by atoms with Gasteiger partial charge in [-0.3, -0.25) is 15.5 Å². The van der Waals surface area contributed by atoms with Crippen molar-refractivity contribution in [2.24, 2.45) is 11.8 Å². The Labute approximate surface area is 271 Å². The van der Waals surface area contributed by atoms with Crippen LogP contribution in [0.5, 0.6) is 5.88 Å². The van der Waals surface area contributed by atoms with E-state index >= 15 is 4.39 Å². The quantitative estimate of drug-likeness (QED) is 0.303. The molecule has 2 aromatic heterocycles. The van der Waals surface area contributed by atoms with E-state index in [2.05, 4.69) is 20.6 Å². The molecule has 14 heteroatoms. The van der Waals surface area contributed by atoms with Gasteiger partial charge in [0.1, 0.15) is 35.4 Å². The number of halogens is 1. The van der Waals surface area contributed by atoms with Crippen molar-refractivity contribution >= 4 is 46.2 Å². The molecule has 2 atom stereocenters. The topological polar surface area (TPSA) is 150 Å². The molecule has 3 aromatic rings. The molecule has 2 fully saturated rings. The molecule has 47 heavy (non-hydrogen) atoms. The zero-order valence-electron chi connectivity index (χ0n) is 27.4. The number of benzene rings is 1. The van der Waals surface area contributed by atoms with Crippen LogP contribution in [0, 0.1) is 24.6 Å². The lowest BCUT2D eigenvalue weighted by atomic mass is 9.96. The fourth-order valence-corrected chi connectivity index (χ4v) is 5.79. The van der Waals surface area contributed by atoms with E-state index in [4.69, 9.17) is 23.7 Å². The van der Waals surface area contributed by atoms with Crippen LogP contribution in [0.3, 0.4) is 0 Å². The molecule has 13 nitrogen and oxygen atoms in total. The minimum atomic E-state index is -0.871. The van der Waals surface area contributed by atoms with Gasteiger partial charge in [-0.2, -0.15) is 0 Å². The number of amides is 3. The first-order chi connectivity index (χ1) is 22.1. The first-order valence-corrected chi connectivity index (χ1v) is 15.4. The van der Waals surface area contributed by atoms with E-state index in [0.29, 0.717) is 35.4 Å². The van der Waals surface area contributed by atoms with Crippen LogP contribution >= 0.6 is 0 Å². The molecule has 2 unspecified atom stereocenters. The predicted octanol–water partition coefficient (Wildman–Crippen LogP) is 6.42. The summed E-state index contributed by atoms with van der Waals surface area (Å²) in [5.74, 6) is 0.00963. The Balaban J connectivity index is 1.40. The van der Waals surface area contributed by atoms with Gasteiger partial charge in [-0.25, -0.2) is 28.7 Å². The largest absolute Gasteiger partial charge is 0.474 e. The maximum atomic E-state index is 16.6. The summed E-state index contributed by atoms with van der Waals surface area (Å²) in [6, 6.07) is 3.11. The molecule has 6 rings (SSSR count). The number of carbonyl (C=O) groups excluding carboxylic acids is 3. The minimum Gasteiger partial charge on any atom is -0.474 e. The number of nitrogens with one attached hydrogen (secondary N) is 2. The molecule has 3 aliphatic rings. The van der Waals surface area contributed by atoms with E-state index in [-0.39, 0.29) is 59.4 Å². The Kier molecular flexibility index (Phi) is 8.10. The molecule has 1 aromatic carbocycles. The maximum absolute atomic E-state index is 16.6. The number of carbonyl (C=O) groups is 3. The maximum Gasteiger partial charge on any atom is 0.415 e. The molecule has 2 aliphatic heterocycles. The number of rotatable bonds is 4. The third kappa shape index (κ3) is 6.73. The Morgan fingerprint density at radius 2 is 1.64 bits per heavy atom. The highest BCUT2D eigenvalue weighted by molar-refractivity contribution is 6.05. The number of anilines is 3. The summed E-state index contributed by atoms with van der Waals surface area (Å²) in [5.41, 5.74) is -0.536. The van der Waals surface area contributed by atoms with Crippen molar-refractivity contribution in [1.82, 2.24) is 9.97 Å². The van der Waals surface area contributed by atoms with Gasteiger partial charge in [0.05, 0.1) is 25.4 Å². The Morgan fingerprint density at radius 1 is 0.936 bits per heavy atom. The molecule has 0 radical (unpaired) electrons. The summed E-state index contributed by atoms with van der Waals surface area (Å²) >= 11 is 0. The lowest BCUT2D eigenvalue weighted by Crippen LogP contribution is -2.42. The molecule has 0 spiro atoms. The van der Waals surface area contributed by atoms with E-state index < -0.39 is 35.3 Å². The predicted molar refractivity (Wildman–Crippen MR) is 170 cm³/mol. The van der Waals surface area contributed by atoms with E-state index in [0.717, 1.165) is 0 Å². The van der Waals surface area contributed by atoms with Crippen molar-refractivity contribution in [3.8, 4) is 17.0 Å². The average Bonchev–Trinajstić information content (AvgIpc) is 3.36. The van der Waals surface area contributed by atoms with E-state index in [1.807, 2.05) is 0 Å². The molecule has 1 saturated heterocycles. The van der Waals surface area contributed by atoms with Gasteiger partial charge >= 0.3 is 18.3 Å². The molecule has 0 bridgehead atoms. The molecule has 4 heterocycles. The summed E-state index contributed by atoms with van der Waals surface area (Å²) in [7, 11) is 0. The molecule has 3 amide bonds. The summed E-state index contributed by atoms with van der Waals surface area (Å²) in [6.07, 6.45) is 0.472. The van der Waals surface area contributed by atoms with Crippen molar-refractivity contribution in [2.75, 3.05) is 41.9 Å². The standard InChI is InChI=1S/C33H38FN5O8/c1-16-19(12-36-28-26(16)39(8-9-44-28)31(42)47-33(5,6)7)18-10-17-11-23(37-29(40)45-27-21-14-43-15-22(21)27)35-13-20(17)25(24(18)34)38-30(41)46-32(2,3)4/h10-13,21-22,27H,8-9,14-15H2,1-7H3,(H,38,41)(H,35,37,40). The average molecular weight is 652 g/mol. The Morgan fingerprint density at radius 3 is 2.32 bits per heavy atom. The lowest BCUT2D eigenvalue weighted by molar-refractivity contribution is 0.0564. The number of nitrogens with zero attached hydrogens (tertiary/aromatic N) is 3. The molecule has 1 saturated carbocycles. The molecule has 2 N–H and O–H groups in total. The van der Waals surface area contributed by atoms with Gasteiger partial charge in [-0.15, -0.1) is 0 Å². The SMILES string of the molecule is Cc1c(-c2cc3cc(NC(=O)OC4C5COCC54)ncc3c(NC(=O)OC(C)(C)C)c2F)cnc2c1N(C(=O)OC(C)(C)C)CCO2. The first kappa shape index (κ1) is 32.2. The minimum absolute atomic E-state index is 0.0663. The van der Waals surface area contributed by atoms with Gasteiger partial charge in [0.2, 0.25) is 5.88 Å². The Bertz CT molecular complexity index is 1760. The summed E-state index contributed by atoms with van der Waals surface area (Å²) < 4.78 is 44.3. The normalized spacial score (nSPS) is 20.1. The molecule has 1 aliphatic carbocycles. The Hall–Kier alpha value is -4.72. The van der Waals surface area contributed by atoms with Crippen LogP contribution in [0.2, 0.25) is 0 Å². The van der Waals surface area contributed by atoms with E-state index in [1.165, 1.54) is 17.3 Å². The zero-order valence-corrected chi connectivity index (χ0v) is 27.4. The van der Waals surface area contributed by atoms with Crippen molar-refractivity contribution in [2.45, 2.75) is 65.8 Å². The van der Waals surface area contributed by atoms with Gasteiger partial charge in [0.25, 0.3) is 0 Å². The second kappa shape index (κ2) is 11.8. The van der Waals surface area contributed by atoms with Gasteiger partial charge in [0.15, 0.2) is 5.82 Å². The second-order valence-corrected chi connectivity index (χ2v) is 13.8. The van der Waals surface area contributed by atoms with Crippen LogP contribution in [0.4, 0.5) is 36.0 Å². The summed E-state index contributed by atoms with van der Waals surface area (Å²) in [5, 5.41) is 5.88. The van der Waals surface area contributed by atoms with Crippen molar-refractivity contribution in [3.05, 3.63) is 35.9 Å².